The van der Waals surface area contributed by atoms with Crippen molar-refractivity contribution in [3.05, 3.63) is 0 Å². The summed E-state index contributed by atoms with van der Waals surface area (Å²) in [6, 6.07) is 0. The lowest BCUT2D eigenvalue weighted by Crippen LogP contribution is -2.27. The fraction of sp³-hybridized carbons (Fsp3) is 0.952. The molecule has 0 fully saturated rings. The summed E-state index contributed by atoms with van der Waals surface area (Å²) in [5.41, 5.74) is 0. The second kappa shape index (κ2) is 38.4. The monoisotopic (exact) mass is 651 g/mol. The van der Waals surface area contributed by atoms with Crippen molar-refractivity contribution in [3.8, 4) is 0 Å². The zero-order valence-corrected chi connectivity index (χ0v) is 31.4. The fourth-order valence-corrected chi connectivity index (χ4v) is 6.68. The highest BCUT2D eigenvalue weighted by Gasteiger charge is 2.21. The highest BCUT2D eigenvalue weighted by atomic mass is 16.6. The normalized spacial score (nSPS) is 12.0. The van der Waals surface area contributed by atoms with E-state index in [4.69, 9.17) is 4.74 Å². The van der Waals surface area contributed by atoms with Crippen molar-refractivity contribution in [2.24, 2.45) is 0 Å². The molecule has 1 unspecified atom stereocenters. The standard InChI is InChI=1S/C42H82O4/c1-3-5-7-9-11-13-15-17-19-21-23-24-26-28-30-32-34-36-38-40(42(44)45)46-41(43)39-37-35-33-31-29-27-25-22-20-18-16-14-12-10-8-6-4-2/h40H,3-39H2,1-2H3,(H,44,45). The summed E-state index contributed by atoms with van der Waals surface area (Å²) in [4.78, 5) is 23.8. The van der Waals surface area contributed by atoms with Crippen molar-refractivity contribution in [3.63, 3.8) is 0 Å². The summed E-state index contributed by atoms with van der Waals surface area (Å²) in [6.45, 7) is 4.56. The van der Waals surface area contributed by atoms with E-state index in [0.717, 1.165) is 38.5 Å². The Kier molecular flexibility index (Phi) is 37.5. The zero-order valence-electron chi connectivity index (χ0n) is 31.4. The predicted molar refractivity (Wildman–Crippen MR) is 200 cm³/mol. The van der Waals surface area contributed by atoms with Gasteiger partial charge >= 0.3 is 11.9 Å². The number of carbonyl (C=O) groups excluding carboxylic acids is 1. The van der Waals surface area contributed by atoms with E-state index in [-0.39, 0.29) is 5.97 Å². The van der Waals surface area contributed by atoms with Gasteiger partial charge in [-0.15, -0.1) is 0 Å². The average molecular weight is 651 g/mol. The van der Waals surface area contributed by atoms with Crippen molar-refractivity contribution >= 4 is 11.9 Å². The van der Waals surface area contributed by atoms with E-state index >= 15 is 0 Å². The molecule has 0 aliphatic rings. The van der Waals surface area contributed by atoms with Crippen LogP contribution in [0.2, 0.25) is 0 Å². The molecule has 0 aliphatic carbocycles. The Hall–Kier alpha value is -1.06. The van der Waals surface area contributed by atoms with Crippen LogP contribution in [0.5, 0.6) is 0 Å². The highest BCUT2D eigenvalue weighted by molar-refractivity contribution is 5.77. The second-order valence-corrected chi connectivity index (χ2v) is 14.5. The summed E-state index contributed by atoms with van der Waals surface area (Å²) in [6.07, 6.45) is 45.8. The van der Waals surface area contributed by atoms with Crippen LogP contribution in [-0.4, -0.2) is 23.1 Å². The summed E-state index contributed by atoms with van der Waals surface area (Å²) < 4.78 is 5.34. The van der Waals surface area contributed by atoms with Crippen LogP contribution in [0.1, 0.15) is 251 Å². The Balaban J connectivity index is 3.47. The van der Waals surface area contributed by atoms with E-state index in [0.29, 0.717) is 12.8 Å². The molecule has 0 aliphatic heterocycles. The Morgan fingerprint density at radius 3 is 0.891 bits per heavy atom. The van der Waals surface area contributed by atoms with Gasteiger partial charge in [-0.1, -0.05) is 226 Å². The summed E-state index contributed by atoms with van der Waals surface area (Å²) in [7, 11) is 0. The van der Waals surface area contributed by atoms with Crippen molar-refractivity contribution in [1.29, 1.82) is 0 Å². The number of aliphatic carboxylic acids is 1. The van der Waals surface area contributed by atoms with Crippen LogP contribution in [0, 0.1) is 0 Å². The lowest BCUT2D eigenvalue weighted by Gasteiger charge is -2.13. The molecule has 0 bridgehead atoms. The number of hydrogen-bond donors (Lipinski definition) is 1. The molecule has 4 heteroatoms. The minimum atomic E-state index is -0.997. The molecule has 0 saturated heterocycles. The van der Waals surface area contributed by atoms with Crippen LogP contribution in [0.15, 0.2) is 0 Å². The first kappa shape index (κ1) is 44.9. The highest BCUT2D eigenvalue weighted by Crippen LogP contribution is 2.17. The number of carboxylic acids is 1. The van der Waals surface area contributed by atoms with E-state index in [1.165, 1.54) is 186 Å². The molecule has 0 heterocycles. The Morgan fingerprint density at radius 2 is 0.630 bits per heavy atom. The molecular formula is C42H82O4. The van der Waals surface area contributed by atoms with Gasteiger partial charge in [-0.2, -0.15) is 0 Å². The minimum absolute atomic E-state index is 0.337. The summed E-state index contributed by atoms with van der Waals surface area (Å²) >= 11 is 0. The third-order valence-corrected chi connectivity index (χ3v) is 9.85. The maximum atomic E-state index is 12.2. The number of carbonyl (C=O) groups is 2. The molecule has 1 N–H and O–H groups in total. The predicted octanol–water partition coefficient (Wildman–Crippen LogP) is 14.5. The van der Waals surface area contributed by atoms with Gasteiger partial charge in [0.25, 0.3) is 0 Å². The van der Waals surface area contributed by atoms with Crippen molar-refractivity contribution < 1.29 is 19.4 Å². The van der Waals surface area contributed by atoms with Crippen LogP contribution in [0.4, 0.5) is 0 Å². The van der Waals surface area contributed by atoms with Gasteiger partial charge in [-0.3, -0.25) is 4.79 Å². The van der Waals surface area contributed by atoms with Gasteiger partial charge in [0.1, 0.15) is 0 Å². The molecule has 4 nitrogen and oxygen atoms in total. The van der Waals surface area contributed by atoms with Crippen molar-refractivity contribution in [2.75, 3.05) is 0 Å². The Bertz CT molecular complexity index is 619. The smallest absolute Gasteiger partial charge is 0.345 e. The van der Waals surface area contributed by atoms with E-state index in [1.54, 1.807) is 0 Å². The minimum Gasteiger partial charge on any atom is -0.479 e. The number of carboxylic acid groups (broad SMARTS) is 1. The van der Waals surface area contributed by atoms with Crippen LogP contribution in [0.3, 0.4) is 0 Å². The van der Waals surface area contributed by atoms with Crippen molar-refractivity contribution in [1.82, 2.24) is 0 Å². The first-order valence-electron chi connectivity index (χ1n) is 21.0. The first-order valence-corrected chi connectivity index (χ1v) is 21.0. The van der Waals surface area contributed by atoms with E-state index in [2.05, 4.69) is 13.8 Å². The van der Waals surface area contributed by atoms with Gasteiger partial charge in [0, 0.05) is 6.42 Å². The number of hydrogen-bond acceptors (Lipinski definition) is 3. The quantitative estimate of drug-likeness (QED) is 0.0531. The molecule has 0 aromatic carbocycles. The van der Waals surface area contributed by atoms with Crippen molar-refractivity contribution in [2.45, 2.75) is 258 Å². The molecule has 0 spiro atoms. The Labute approximate surface area is 288 Å². The maximum Gasteiger partial charge on any atom is 0.345 e. The van der Waals surface area contributed by atoms with Crippen LogP contribution in [-0.2, 0) is 14.3 Å². The summed E-state index contributed by atoms with van der Waals surface area (Å²) in [5.74, 6) is -1.33. The third-order valence-electron chi connectivity index (χ3n) is 9.85. The largest absolute Gasteiger partial charge is 0.479 e. The first-order chi connectivity index (χ1) is 22.6. The second-order valence-electron chi connectivity index (χ2n) is 14.5. The zero-order chi connectivity index (χ0) is 33.6. The maximum absolute atomic E-state index is 12.2. The molecule has 0 aromatic rings. The molecule has 0 amide bonds. The molecular weight excluding hydrogens is 568 g/mol. The Morgan fingerprint density at radius 1 is 0.391 bits per heavy atom. The van der Waals surface area contributed by atoms with Gasteiger partial charge in [0.2, 0.25) is 0 Å². The van der Waals surface area contributed by atoms with E-state index < -0.39 is 12.1 Å². The lowest BCUT2D eigenvalue weighted by atomic mass is 10.0. The molecule has 0 rings (SSSR count). The van der Waals surface area contributed by atoms with Crippen LogP contribution < -0.4 is 0 Å². The number of rotatable bonds is 39. The van der Waals surface area contributed by atoms with Gasteiger partial charge in [0.05, 0.1) is 0 Å². The molecule has 0 aromatic heterocycles. The number of esters is 1. The average Bonchev–Trinajstić information content (AvgIpc) is 3.05. The lowest BCUT2D eigenvalue weighted by molar-refractivity contribution is -0.164. The molecule has 0 saturated carbocycles. The van der Waals surface area contributed by atoms with Gasteiger partial charge < -0.3 is 9.84 Å². The third kappa shape index (κ3) is 35.8. The van der Waals surface area contributed by atoms with E-state index in [1.807, 2.05) is 0 Å². The van der Waals surface area contributed by atoms with Gasteiger partial charge in [-0.05, 0) is 19.3 Å². The molecule has 46 heavy (non-hydrogen) atoms. The number of unbranched alkanes of at least 4 members (excludes halogenated alkanes) is 33. The van der Waals surface area contributed by atoms with E-state index in [9.17, 15) is 14.7 Å². The topological polar surface area (TPSA) is 63.6 Å². The van der Waals surface area contributed by atoms with Gasteiger partial charge in [-0.25, -0.2) is 4.79 Å². The molecule has 1 atom stereocenters. The molecule has 0 radical (unpaired) electrons. The van der Waals surface area contributed by atoms with Crippen LogP contribution >= 0.6 is 0 Å². The SMILES string of the molecule is CCCCCCCCCCCCCCCCCCCCC(OC(=O)CCCCCCCCCCCCCCCCCCC)C(=O)O. The van der Waals surface area contributed by atoms with Gasteiger partial charge in [0.15, 0.2) is 6.10 Å². The summed E-state index contributed by atoms with van der Waals surface area (Å²) in [5, 5.41) is 9.51. The van der Waals surface area contributed by atoms with Crippen LogP contribution in [0.25, 0.3) is 0 Å². The molecule has 274 valence electrons. The fourth-order valence-electron chi connectivity index (χ4n) is 6.68. The number of ether oxygens (including phenoxy) is 1.